The molecule has 3 nitrogen and oxygen atoms in total. The van der Waals surface area contributed by atoms with Crippen LogP contribution >= 0.6 is 11.6 Å². The Hall–Kier alpha value is -1.22. The van der Waals surface area contributed by atoms with Crippen LogP contribution in [0.15, 0.2) is 18.2 Å². The van der Waals surface area contributed by atoms with E-state index in [4.69, 9.17) is 17.3 Å². The highest BCUT2D eigenvalue weighted by atomic mass is 35.5. The molecule has 0 aliphatic heterocycles. The highest BCUT2D eigenvalue weighted by Crippen LogP contribution is 2.18. The van der Waals surface area contributed by atoms with E-state index >= 15 is 0 Å². The zero-order chi connectivity index (χ0) is 10.6. The molecular weight excluding hydrogens is 200 g/mol. The standard InChI is InChI=1S/C10H13ClN2O/c1-2-5-13-10(14)8-6-7(12)3-4-9(8)11/h3-4,6H,2,5,12H2,1H3,(H,13,14). The first kappa shape index (κ1) is 10.9. The maximum Gasteiger partial charge on any atom is 0.252 e. The lowest BCUT2D eigenvalue weighted by atomic mass is 10.2. The number of hydrogen-bond donors (Lipinski definition) is 2. The molecule has 0 bridgehead atoms. The monoisotopic (exact) mass is 212 g/mol. The number of anilines is 1. The number of halogens is 1. The van der Waals surface area contributed by atoms with Crippen LogP contribution in [-0.4, -0.2) is 12.5 Å². The van der Waals surface area contributed by atoms with E-state index in [0.717, 1.165) is 6.42 Å². The third kappa shape index (κ3) is 2.64. The van der Waals surface area contributed by atoms with Gasteiger partial charge in [-0.05, 0) is 24.6 Å². The van der Waals surface area contributed by atoms with Gasteiger partial charge in [0.15, 0.2) is 0 Å². The van der Waals surface area contributed by atoms with Crippen molar-refractivity contribution in [1.29, 1.82) is 0 Å². The smallest absolute Gasteiger partial charge is 0.252 e. The molecule has 0 saturated carbocycles. The van der Waals surface area contributed by atoms with Crippen molar-refractivity contribution >= 4 is 23.2 Å². The van der Waals surface area contributed by atoms with Crippen LogP contribution in [0.25, 0.3) is 0 Å². The lowest BCUT2D eigenvalue weighted by molar-refractivity contribution is 0.0954. The number of hydrogen-bond acceptors (Lipinski definition) is 2. The van der Waals surface area contributed by atoms with E-state index < -0.39 is 0 Å². The molecule has 0 aliphatic rings. The number of benzene rings is 1. The number of carbonyl (C=O) groups excluding carboxylic acids is 1. The van der Waals surface area contributed by atoms with Gasteiger partial charge in [-0.15, -0.1) is 0 Å². The topological polar surface area (TPSA) is 55.1 Å². The minimum Gasteiger partial charge on any atom is -0.399 e. The predicted molar refractivity (Wildman–Crippen MR) is 58.5 cm³/mol. The van der Waals surface area contributed by atoms with Crippen molar-refractivity contribution < 1.29 is 4.79 Å². The Kier molecular flexibility index (Phi) is 3.77. The summed E-state index contributed by atoms with van der Waals surface area (Å²) in [4.78, 5) is 11.5. The van der Waals surface area contributed by atoms with Crippen LogP contribution < -0.4 is 11.1 Å². The molecule has 0 aliphatic carbocycles. The molecule has 0 unspecified atom stereocenters. The Balaban J connectivity index is 2.83. The van der Waals surface area contributed by atoms with Gasteiger partial charge in [0.1, 0.15) is 0 Å². The molecule has 1 amide bonds. The average molecular weight is 213 g/mol. The van der Waals surface area contributed by atoms with Crippen LogP contribution in [0.4, 0.5) is 5.69 Å². The van der Waals surface area contributed by atoms with Gasteiger partial charge in [-0.25, -0.2) is 0 Å². The summed E-state index contributed by atoms with van der Waals surface area (Å²) in [6.07, 6.45) is 0.895. The first-order chi connectivity index (χ1) is 6.65. The van der Waals surface area contributed by atoms with Crippen LogP contribution in [0.1, 0.15) is 23.7 Å². The number of amides is 1. The molecule has 0 atom stereocenters. The number of nitrogen functional groups attached to an aromatic ring is 1. The number of nitrogens with two attached hydrogens (primary N) is 1. The van der Waals surface area contributed by atoms with Gasteiger partial charge in [0.2, 0.25) is 0 Å². The predicted octanol–water partition coefficient (Wildman–Crippen LogP) is 2.06. The van der Waals surface area contributed by atoms with Crippen molar-refractivity contribution in [2.75, 3.05) is 12.3 Å². The van der Waals surface area contributed by atoms with Crippen molar-refractivity contribution in [2.45, 2.75) is 13.3 Å². The average Bonchev–Trinajstić information content (AvgIpc) is 2.18. The minimum atomic E-state index is -0.177. The van der Waals surface area contributed by atoms with E-state index in [0.29, 0.717) is 22.8 Å². The molecule has 0 spiro atoms. The van der Waals surface area contributed by atoms with Crippen LogP contribution in [0.2, 0.25) is 5.02 Å². The lowest BCUT2D eigenvalue weighted by Gasteiger charge is -2.05. The van der Waals surface area contributed by atoms with E-state index in [1.807, 2.05) is 6.92 Å². The molecule has 3 N–H and O–H groups in total. The van der Waals surface area contributed by atoms with E-state index in [-0.39, 0.29) is 5.91 Å². The van der Waals surface area contributed by atoms with Crippen LogP contribution in [-0.2, 0) is 0 Å². The van der Waals surface area contributed by atoms with Gasteiger partial charge in [0, 0.05) is 12.2 Å². The summed E-state index contributed by atoms with van der Waals surface area (Å²) >= 11 is 5.85. The van der Waals surface area contributed by atoms with Crippen molar-refractivity contribution in [3.05, 3.63) is 28.8 Å². The van der Waals surface area contributed by atoms with E-state index in [9.17, 15) is 4.79 Å². The Morgan fingerprint density at radius 1 is 1.57 bits per heavy atom. The first-order valence-corrected chi connectivity index (χ1v) is 4.86. The minimum absolute atomic E-state index is 0.177. The second kappa shape index (κ2) is 4.86. The first-order valence-electron chi connectivity index (χ1n) is 4.48. The molecule has 1 aromatic carbocycles. The third-order valence-electron chi connectivity index (χ3n) is 1.77. The van der Waals surface area contributed by atoms with Crippen molar-refractivity contribution in [2.24, 2.45) is 0 Å². The van der Waals surface area contributed by atoms with Crippen molar-refractivity contribution in [3.63, 3.8) is 0 Å². The number of rotatable bonds is 3. The van der Waals surface area contributed by atoms with Crippen LogP contribution in [0.5, 0.6) is 0 Å². The highest BCUT2D eigenvalue weighted by molar-refractivity contribution is 6.34. The summed E-state index contributed by atoms with van der Waals surface area (Å²) in [5, 5.41) is 3.16. The van der Waals surface area contributed by atoms with E-state index in [1.54, 1.807) is 18.2 Å². The summed E-state index contributed by atoms with van der Waals surface area (Å²) in [6, 6.07) is 4.87. The molecule has 0 aromatic heterocycles. The van der Waals surface area contributed by atoms with Gasteiger partial charge in [-0.3, -0.25) is 4.79 Å². The Labute approximate surface area is 88.2 Å². The fourth-order valence-corrected chi connectivity index (χ4v) is 1.25. The van der Waals surface area contributed by atoms with Gasteiger partial charge in [0.25, 0.3) is 5.91 Å². The molecule has 14 heavy (non-hydrogen) atoms. The largest absolute Gasteiger partial charge is 0.399 e. The molecule has 0 saturated heterocycles. The Morgan fingerprint density at radius 2 is 2.29 bits per heavy atom. The van der Waals surface area contributed by atoms with Gasteiger partial charge in [-0.1, -0.05) is 18.5 Å². The SMILES string of the molecule is CCCNC(=O)c1cc(N)ccc1Cl. The molecule has 0 heterocycles. The maximum absolute atomic E-state index is 11.5. The van der Waals surface area contributed by atoms with Gasteiger partial charge >= 0.3 is 0 Å². The van der Waals surface area contributed by atoms with E-state index in [2.05, 4.69) is 5.32 Å². The zero-order valence-corrected chi connectivity index (χ0v) is 8.77. The molecular formula is C10H13ClN2O. The lowest BCUT2D eigenvalue weighted by Crippen LogP contribution is -2.24. The fourth-order valence-electron chi connectivity index (χ4n) is 1.05. The zero-order valence-electron chi connectivity index (χ0n) is 8.01. The molecule has 1 rings (SSSR count). The van der Waals surface area contributed by atoms with Crippen molar-refractivity contribution in [3.8, 4) is 0 Å². The van der Waals surface area contributed by atoms with Crippen LogP contribution in [0.3, 0.4) is 0 Å². The van der Waals surface area contributed by atoms with Gasteiger partial charge in [0.05, 0.1) is 10.6 Å². The molecule has 1 aromatic rings. The Morgan fingerprint density at radius 3 is 2.93 bits per heavy atom. The molecule has 0 radical (unpaired) electrons. The van der Waals surface area contributed by atoms with Crippen LogP contribution in [0, 0.1) is 0 Å². The number of nitrogens with one attached hydrogen (secondary N) is 1. The molecule has 76 valence electrons. The quantitative estimate of drug-likeness (QED) is 0.754. The third-order valence-corrected chi connectivity index (χ3v) is 2.10. The highest BCUT2D eigenvalue weighted by Gasteiger charge is 2.09. The molecule has 0 fully saturated rings. The summed E-state index contributed by atoms with van der Waals surface area (Å²) in [5.74, 6) is -0.177. The second-order valence-electron chi connectivity index (χ2n) is 3.00. The summed E-state index contributed by atoms with van der Waals surface area (Å²) in [5.41, 5.74) is 6.52. The fraction of sp³-hybridized carbons (Fsp3) is 0.300. The van der Waals surface area contributed by atoms with Crippen molar-refractivity contribution in [1.82, 2.24) is 5.32 Å². The van der Waals surface area contributed by atoms with Gasteiger partial charge in [-0.2, -0.15) is 0 Å². The maximum atomic E-state index is 11.5. The summed E-state index contributed by atoms with van der Waals surface area (Å²) < 4.78 is 0. The van der Waals surface area contributed by atoms with Gasteiger partial charge < -0.3 is 11.1 Å². The molecule has 4 heteroatoms. The summed E-state index contributed by atoms with van der Waals surface area (Å²) in [6.45, 7) is 2.63. The normalized spacial score (nSPS) is 9.86. The second-order valence-corrected chi connectivity index (χ2v) is 3.40. The summed E-state index contributed by atoms with van der Waals surface area (Å²) in [7, 11) is 0. The Bertz CT molecular complexity index is 339. The number of carbonyl (C=O) groups is 1. The van der Waals surface area contributed by atoms with E-state index in [1.165, 1.54) is 0 Å².